The number of benzene rings is 1. The monoisotopic (exact) mass is 329 g/mol. The standard InChI is InChI=1S/C17H23N5O2/c1-21-10-15(20-11-21)13-8-22(9-14(13)18)17(23)19-7-12-5-3-4-6-16(12)24-2/h3-6,10-11,13-14H,7-9,18H2,1-2H3,(H,19,23)/t13-,14-/m1/s1. The predicted molar refractivity (Wildman–Crippen MR) is 90.7 cm³/mol. The number of imidazole rings is 1. The molecule has 3 rings (SSSR count). The lowest BCUT2D eigenvalue weighted by Crippen LogP contribution is -2.39. The first kappa shape index (κ1) is 16.3. The van der Waals surface area contributed by atoms with Crippen molar-refractivity contribution >= 4 is 6.03 Å². The van der Waals surface area contributed by atoms with Crippen molar-refractivity contribution in [1.82, 2.24) is 19.8 Å². The Morgan fingerprint density at radius 1 is 1.42 bits per heavy atom. The zero-order valence-electron chi connectivity index (χ0n) is 14.0. The lowest BCUT2D eigenvalue weighted by molar-refractivity contribution is 0.207. The Balaban J connectivity index is 1.60. The summed E-state index contributed by atoms with van der Waals surface area (Å²) in [6.45, 7) is 1.53. The number of hydrogen-bond donors (Lipinski definition) is 2. The molecule has 128 valence electrons. The summed E-state index contributed by atoms with van der Waals surface area (Å²) >= 11 is 0. The number of urea groups is 1. The zero-order valence-corrected chi connectivity index (χ0v) is 14.0. The van der Waals surface area contributed by atoms with Gasteiger partial charge in [-0.05, 0) is 6.07 Å². The van der Waals surface area contributed by atoms with Gasteiger partial charge in [0.05, 0.1) is 19.1 Å². The fraction of sp³-hybridized carbons (Fsp3) is 0.412. The molecule has 0 aliphatic carbocycles. The highest BCUT2D eigenvalue weighted by atomic mass is 16.5. The molecule has 24 heavy (non-hydrogen) atoms. The summed E-state index contributed by atoms with van der Waals surface area (Å²) in [7, 11) is 3.55. The molecule has 0 saturated carbocycles. The Kier molecular flexibility index (Phi) is 4.71. The largest absolute Gasteiger partial charge is 0.496 e. The molecule has 1 aliphatic rings. The molecule has 2 aromatic rings. The van der Waals surface area contributed by atoms with Crippen molar-refractivity contribution in [3.8, 4) is 5.75 Å². The summed E-state index contributed by atoms with van der Waals surface area (Å²) < 4.78 is 7.20. The second-order valence-electron chi connectivity index (χ2n) is 6.11. The van der Waals surface area contributed by atoms with Crippen LogP contribution in [-0.4, -0.2) is 46.7 Å². The van der Waals surface area contributed by atoms with E-state index < -0.39 is 0 Å². The number of likely N-dealkylation sites (tertiary alicyclic amines) is 1. The molecule has 2 heterocycles. The van der Waals surface area contributed by atoms with Crippen molar-refractivity contribution in [3.05, 3.63) is 48.0 Å². The lowest BCUT2D eigenvalue weighted by Gasteiger charge is -2.17. The van der Waals surface area contributed by atoms with Gasteiger partial charge < -0.3 is 25.3 Å². The Bertz CT molecular complexity index is 715. The molecule has 0 radical (unpaired) electrons. The van der Waals surface area contributed by atoms with Crippen molar-refractivity contribution in [2.24, 2.45) is 12.8 Å². The van der Waals surface area contributed by atoms with E-state index in [2.05, 4.69) is 10.3 Å². The molecule has 2 amide bonds. The number of aromatic nitrogens is 2. The molecule has 1 aliphatic heterocycles. The maximum Gasteiger partial charge on any atom is 0.317 e. The van der Waals surface area contributed by atoms with Crippen molar-refractivity contribution in [2.45, 2.75) is 18.5 Å². The van der Waals surface area contributed by atoms with Gasteiger partial charge in [-0.25, -0.2) is 9.78 Å². The first-order chi connectivity index (χ1) is 11.6. The minimum Gasteiger partial charge on any atom is -0.496 e. The molecule has 1 aromatic heterocycles. The Morgan fingerprint density at radius 2 is 2.21 bits per heavy atom. The molecule has 0 spiro atoms. The first-order valence-corrected chi connectivity index (χ1v) is 7.96. The van der Waals surface area contributed by atoms with Gasteiger partial charge in [0.2, 0.25) is 0 Å². The number of para-hydroxylation sites is 1. The van der Waals surface area contributed by atoms with Crippen LogP contribution in [0.3, 0.4) is 0 Å². The third-order valence-electron chi connectivity index (χ3n) is 4.38. The minimum absolute atomic E-state index is 0.0724. The van der Waals surface area contributed by atoms with Crippen LogP contribution in [0.1, 0.15) is 17.2 Å². The van der Waals surface area contributed by atoms with Gasteiger partial charge in [-0.2, -0.15) is 0 Å². The van der Waals surface area contributed by atoms with Gasteiger partial charge in [0.15, 0.2) is 0 Å². The average Bonchev–Trinajstić information content (AvgIpc) is 3.18. The van der Waals surface area contributed by atoms with Gasteiger partial charge in [-0.3, -0.25) is 0 Å². The zero-order chi connectivity index (χ0) is 17.1. The topological polar surface area (TPSA) is 85.4 Å². The molecule has 0 unspecified atom stereocenters. The molecular weight excluding hydrogens is 306 g/mol. The number of carbonyl (C=O) groups excluding carboxylic acids is 1. The van der Waals surface area contributed by atoms with E-state index in [0.29, 0.717) is 19.6 Å². The van der Waals surface area contributed by atoms with E-state index in [1.54, 1.807) is 18.3 Å². The summed E-state index contributed by atoms with van der Waals surface area (Å²) in [5.74, 6) is 0.838. The van der Waals surface area contributed by atoms with Crippen molar-refractivity contribution in [1.29, 1.82) is 0 Å². The number of ether oxygens (including phenoxy) is 1. The smallest absolute Gasteiger partial charge is 0.317 e. The van der Waals surface area contributed by atoms with Crippen molar-refractivity contribution in [2.75, 3.05) is 20.2 Å². The highest BCUT2D eigenvalue weighted by Crippen LogP contribution is 2.25. The van der Waals surface area contributed by atoms with E-state index >= 15 is 0 Å². The van der Waals surface area contributed by atoms with Crippen molar-refractivity contribution < 1.29 is 9.53 Å². The van der Waals surface area contributed by atoms with E-state index in [0.717, 1.165) is 17.0 Å². The lowest BCUT2D eigenvalue weighted by atomic mass is 10.0. The second kappa shape index (κ2) is 6.92. The number of methoxy groups -OCH3 is 1. The van der Waals surface area contributed by atoms with Crippen LogP contribution >= 0.6 is 0 Å². The second-order valence-corrected chi connectivity index (χ2v) is 6.11. The van der Waals surface area contributed by atoms with Gasteiger partial charge in [0.25, 0.3) is 0 Å². The molecule has 1 saturated heterocycles. The van der Waals surface area contributed by atoms with Gasteiger partial charge >= 0.3 is 6.03 Å². The fourth-order valence-electron chi connectivity index (χ4n) is 3.06. The third-order valence-corrected chi connectivity index (χ3v) is 4.38. The predicted octanol–water partition coefficient (Wildman–Crippen LogP) is 1.06. The maximum atomic E-state index is 12.4. The summed E-state index contributed by atoms with van der Waals surface area (Å²) in [6, 6.07) is 7.43. The molecule has 7 nitrogen and oxygen atoms in total. The molecule has 1 fully saturated rings. The third kappa shape index (κ3) is 3.35. The van der Waals surface area contributed by atoms with Crippen LogP contribution in [0, 0.1) is 0 Å². The number of nitrogens with zero attached hydrogens (tertiary/aromatic N) is 3. The minimum atomic E-state index is -0.116. The number of hydrogen-bond acceptors (Lipinski definition) is 4. The van der Waals surface area contributed by atoms with Crippen LogP contribution in [0.2, 0.25) is 0 Å². The molecule has 7 heteroatoms. The normalized spacial score (nSPS) is 20.2. The Morgan fingerprint density at radius 3 is 2.92 bits per heavy atom. The van der Waals surface area contributed by atoms with E-state index in [-0.39, 0.29) is 18.0 Å². The number of carbonyl (C=O) groups is 1. The summed E-state index contributed by atoms with van der Waals surface area (Å²) in [5.41, 5.74) is 8.09. The van der Waals surface area contributed by atoms with E-state index in [9.17, 15) is 4.79 Å². The number of nitrogens with two attached hydrogens (primary N) is 1. The highest BCUT2D eigenvalue weighted by molar-refractivity contribution is 5.75. The van der Waals surface area contributed by atoms with Crippen LogP contribution in [-0.2, 0) is 13.6 Å². The van der Waals surface area contributed by atoms with Crippen molar-refractivity contribution in [3.63, 3.8) is 0 Å². The van der Waals surface area contributed by atoms with Crippen LogP contribution in [0.15, 0.2) is 36.8 Å². The highest BCUT2D eigenvalue weighted by Gasteiger charge is 2.35. The van der Waals surface area contributed by atoms with Crippen LogP contribution in [0.25, 0.3) is 0 Å². The number of nitrogens with one attached hydrogen (secondary N) is 1. The van der Waals surface area contributed by atoms with Gasteiger partial charge in [0.1, 0.15) is 5.75 Å². The fourth-order valence-corrected chi connectivity index (χ4v) is 3.06. The van der Waals surface area contributed by atoms with Crippen LogP contribution < -0.4 is 15.8 Å². The summed E-state index contributed by atoms with van der Waals surface area (Å²) in [6.07, 6.45) is 3.72. The molecule has 1 aromatic carbocycles. The van der Waals surface area contributed by atoms with Gasteiger partial charge in [-0.15, -0.1) is 0 Å². The number of aryl methyl sites for hydroxylation is 1. The van der Waals surface area contributed by atoms with E-state index in [1.807, 2.05) is 42.1 Å². The molecule has 2 atom stereocenters. The molecule has 0 bridgehead atoms. The SMILES string of the molecule is COc1ccccc1CNC(=O)N1C[C@@H](N)[C@H](c2cn(C)cn2)C1. The number of rotatable bonds is 4. The Hall–Kier alpha value is -2.54. The van der Waals surface area contributed by atoms with Crippen LogP contribution in [0.5, 0.6) is 5.75 Å². The van der Waals surface area contributed by atoms with Gasteiger partial charge in [-0.1, -0.05) is 18.2 Å². The number of amides is 2. The van der Waals surface area contributed by atoms with Crippen LogP contribution in [0.4, 0.5) is 4.79 Å². The maximum absolute atomic E-state index is 12.4. The molecule has 3 N–H and O–H groups in total. The van der Waals surface area contributed by atoms with E-state index in [1.165, 1.54) is 0 Å². The van der Waals surface area contributed by atoms with E-state index in [4.69, 9.17) is 10.5 Å². The first-order valence-electron chi connectivity index (χ1n) is 7.96. The van der Waals surface area contributed by atoms with Gasteiger partial charge in [0, 0.05) is 50.4 Å². The quantitative estimate of drug-likeness (QED) is 0.878. The average molecular weight is 329 g/mol. The summed E-state index contributed by atoms with van der Waals surface area (Å²) in [4.78, 5) is 18.6. The summed E-state index contributed by atoms with van der Waals surface area (Å²) in [5, 5.41) is 2.94. The Labute approximate surface area is 141 Å². The molecular formula is C17H23N5O2.